The minimum absolute atomic E-state index is 0.0143. The molecule has 7 nitrogen and oxygen atoms in total. The van der Waals surface area contributed by atoms with E-state index in [2.05, 4.69) is 10.6 Å². The first-order chi connectivity index (χ1) is 13.1. The number of hydrogen-bond acceptors (Lipinski definition) is 4. The topological polar surface area (TPSA) is 87.7 Å². The van der Waals surface area contributed by atoms with E-state index in [-0.39, 0.29) is 30.4 Å². The minimum Gasteiger partial charge on any atom is -0.469 e. The molecule has 0 aromatic heterocycles. The summed E-state index contributed by atoms with van der Waals surface area (Å²) in [6, 6.07) is -0.900. The van der Waals surface area contributed by atoms with Crippen molar-refractivity contribution < 1.29 is 19.1 Å². The van der Waals surface area contributed by atoms with Crippen LogP contribution < -0.4 is 10.6 Å². The van der Waals surface area contributed by atoms with E-state index >= 15 is 0 Å². The molecular formula is C20H35N3O4. The first kappa shape index (κ1) is 21.5. The lowest BCUT2D eigenvalue weighted by Crippen LogP contribution is -2.59. The molecule has 1 atom stereocenters. The SMILES string of the molecule is CCNC(=O)C(CC(=O)OC)N(C(=O)NC1CCCCC1)C1CCCCC1. The van der Waals surface area contributed by atoms with Gasteiger partial charge in [-0.15, -0.1) is 0 Å². The van der Waals surface area contributed by atoms with Crippen molar-refractivity contribution in [2.45, 2.75) is 95.7 Å². The molecule has 0 aromatic carbocycles. The number of esters is 1. The van der Waals surface area contributed by atoms with Gasteiger partial charge in [0, 0.05) is 18.6 Å². The quantitative estimate of drug-likeness (QED) is 0.664. The summed E-state index contributed by atoms with van der Waals surface area (Å²) in [5.74, 6) is -0.759. The van der Waals surface area contributed by atoms with Crippen LogP contribution in [0.5, 0.6) is 0 Å². The molecule has 2 aliphatic rings. The molecule has 0 radical (unpaired) electrons. The first-order valence-corrected chi connectivity index (χ1v) is 10.5. The van der Waals surface area contributed by atoms with Gasteiger partial charge >= 0.3 is 12.0 Å². The number of methoxy groups -OCH3 is 1. The molecule has 0 aromatic rings. The fourth-order valence-corrected chi connectivity index (χ4v) is 4.27. The van der Waals surface area contributed by atoms with E-state index in [1.54, 1.807) is 4.90 Å². The highest BCUT2D eigenvalue weighted by atomic mass is 16.5. The standard InChI is InChI=1S/C20H35N3O4/c1-3-21-19(25)17(14-18(24)27-2)23(16-12-8-5-9-13-16)20(26)22-15-10-6-4-7-11-15/h15-17H,3-14H2,1-2H3,(H,21,25)(H,22,26). The Morgan fingerprint density at radius 3 is 2.15 bits per heavy atom. The molecule has 2 N–H and O–H groups in total. The van der Waals surface area contributed by atoms with E-state index in [9.17, 15) is 14.4 Å². The van der Waals surface area contributed by atoms with E-state index in [0.29, 0.717) is 6.54 Å². The molecule has 7 heteroatoms. The molecule has 154 valence electrons. The Balaban J connectivity index is 2.21. The van der Waals surface area contributed by atoms with E-state index in [1.165, 1.54) is 13.5 Å². The monoisotopic (exact) mass is 381 g/mol. The van der Waals surface area contributed by atoms with Crippen LogP contribution in [-0.2, 0) is 14.3 Å². The van der Waals surface area contributed by atoms with Crippen LogP contribution in [0.3, 0.4) is 0 Å². The molecule has 0 saturated heterocycles. The summed E-state index contributed by atoms with van der Waals surface area (Å²) < 4.78 is 4.80. The van der Waals surface area contributed by atoms with E-state index < -0.39 is 12.0 Å². The highest BCUT2D eigenvalue weighted by Gasteiger charge is 2.38. The van der Waals surface area contributed by atoms with Gasteiger partial charge in [0.2, 0.25) is 5.91 Å². The van der Waals surface area contributed by atoms with Crippen LogP contribution in [-0.4, -0.2) is 54.6 Å². The number of rotatable bonds is 7. The van der Waals surface area contributed by atoms with Gasteiger partial charge in [0.15, 0.2) is 0 Å². The van der Waals surface area contributed by atoms with Gasteiger partial charge in [-0.2, -0.15) is 0 Å². The lowest BCUT2D eigenvalue weighted by atomic mass is 9.92. The van der Waals surface area contributed by atoms with Gasteiger partial charge in [-0.25, -0.2) is 4.79 Å². The van der Waals surface area contributed by atoms with Gasteiger partial charge in [0.25, 0.3) is 0 Å². The molecule has 0 aliphatic heterocycles. The van der Waals surface area contributed by atoms with Crippen molar-refractivity contribution in [3.05, 3.63) is 0 Å². The van der Waals surface area contributed by atoms with Crippen molar-refractivity contribution >= 4 is 17.9 Å². The molecular weight excluding hydrogens is 346 g/mol. The second-order valence-corrected chi connectivity index (χ2v) is 7.67. The number of carbonyl (C=O) groups excluding carboxylic acids is 3. The van der Waals surface area contributed by atoms with Crippen molar-refractivity contribution in [2.75, 3.05) is 13.7 Å². The van der Waals surface area contributed by atoms with Gasteiger partial charge in [-0.1, -0.05) is 38.5 Å². The van der Waals surface area contributed by atoms with Crippen LogP contribution >= 0.6 is 0 Å². The summed E-state index contributed by atoms with van der Waals surface area (Å²) in [5.41, 5.74) is 0. The average molecular weight is 382 g/mol. The zero-order valence-electron chi connectivity index (χ0n) is 16.8. The molecule has 1 unspecified atom stereocenters. The third kappa shape index (κ3) is 6.40. The summed E-state index contributed by atoms with van der Waals surface area (Å²) in [6.45, 7) is 2.29. The fraction of sp³-hybridized carbons (Fsp3) is 0.850. The van der Waals surface area contributed by atoms with Crippen LogP contribution in [0.15, 0.2) is 0 Å². The maximum atomic E-state index is 13.2. The predicted octanol–water partition coefficient (Wildman–Crippen LogP) is 2.73. The second-order valence-electron chi connectivity index (χ2n) is 7.67. The molecule has 0 bridgehead atoms. The average Bonchev–Trinajstić information content (AvgIpc) is 2.69. The number of ether oxygens (including phenoxy) is 1. The maximum absolute atomic E-state index is 13.2. The zero-order valence-corrected chi connectivity index (χ0v) is 16.8. The summed E-state index contributed by atoms with van der Waals surface area (Å²) in [4.78, 5) is 39.6. The number of nitrogens with zero attached hydrogens (tertiary/aromatic N) is 1. The zero-order chi connectivity index (χ0) is 19.6. The van der Waals surface area contributed by atoms with Crippen LogP contribution in [0, 0.1) is 0 Å². The Kier molecular flexibility index (Phi) is 8.88. The third-order valence-electron chi connectivity index (χ3n) is 5.71. The molecule has 2 saturated carbocycles. The lowest BCUT2D eigenvalue weighted by Gasteiger charge is -2.40. The van der Waals surface area contributed by atoms with Crippen LogP contribution in [0.4, 0.5) is 4.79 Å². The molecule has 27 heavy (non-hydrogen) atoms. The summed E-state index contributed by atoms with van der Waals surface area (Å²) >= 11 is 0. The molecule has 2 aliphatic carbocycles. The van der Waals surface area contributed by atoms with E-state index in [4.69, 9.17) is 4.74 Å². The molecule has 2 fully saturated rings. The summed E-state index contributed by atoms with van der Waals surface area (Å²) in [5, 5.41) is 5.92. The van der Waals surface area contributed by atoms with Gasteiger partial charge < -0.3 is 20.3 Å². The molecule has 0 spiro atoms. The Labute approximate surface area is 162 Å². The van der Waals surface area contributed by atoms with Gasteiger partial charge in [0.1, 0.15) is 6.04 Å². The number of likely N-dealkylation sites (N-methyl/N-ethyl adjacent to an activating group) is 1. The molecule has 3 amide bonds. The number of nitrogens with one attached hydrogen (secondary N) is 2. The van der Waals surface area contributed by atoms with Gasteiger partial charge in [-0.3, -0.25) is 9.59 Å². The second kappa shape index (κ2) is 11.1. The smallest absolute Gasteiger partial charge is 0.318 e. The van der Waals surface area contributed by atoms with Crippen molar-refractivity contribution in [2.24, 2.45) is 0 Å². The number of hydrogen-bond donors (Lipinski definition) is 2. The van der Waals surface area contributed by atoms with Crippen LogP contribution in [0.2, 0.25) is 0 Å². The summed E-state index contributed by atoms with van der Waals surface area (Å²) in [6.07, 6.45) is 10.3. The maximum Gasteiger partial charge on any atom is 0.318 e. The largest absolute Gasteiger partial charge is 0.469 e. The van der Waals surface area contributed by atoms with E-state index in [0.717, 1.165) is 57.8 Å². The lowest BCUT2D eigenvalue weighted by molar-refractivity contribution is -0.144. The first-order valence-electron chi connectivity index (χ1n) is 10.5. The molecule has 2 rings (SSSR count). The van der Waals surface area contributed by atoms with Crippen molar-refractivity contribution in [3.63, 3.8) is 0 Å². The van der Waals surface area contributed by atoms with Gasteiger partial charge in [-0.05, 0) is 32.6 Å². The minimum atomic E-state index is -0.830. The Bertz CT molecular complexity index is 499. The van der Waals surface area contributed by atoms with Crippen molar-refractivity contribution in [3.8, 4) is 0 Å². The predicted molar refractivity (Wildman–Crippen MR) is 103 cm³/mol. The third-order valence-corrected chi connectivity index (χ3v) is 5.71. The molecule has 0 heterocycles. The van der Waals surface area contributed by atoms with Gasteiger partial charge in [0.05, 0.1) is 13.5 Å². The Hall–Kier alpha value is -1.79. The van der Waals surface area contributed by atoms with Crippen molar-refractivity contribution in [1.82, 2.24) is 15.5 Å². The fourth-order valence-electron chi connectivity index (χ4n) is 4.27. The normalized spacial score (nSPS) is 19.8. The van der Waals surface area contributed by atoms with E-state index in [1.807, 2.05) is 6.92 Å². The highest BCUT2D eigenvalue weighted by Crippen LogP contribution is 2.26. The highest BCUT2D eigenvalue weighted by molar-refractivity contribution is 5.90. The number of carbonyl (C=O) groups is 3. The summed E-state index contributed by atoms with van der Waals surface area (Å²) in [7, 11) is 1.31. The van der Waals surface area contributed by atoms with Crippen LogP contribution in [0.1, 0.15) is 77.6 Å². The van der Waals surface area contributed by atoms with Crippen LogP contribution in [0.25, 0.3) is 0 Å². The number of urea groups is 1. The number of amides is 3. The Morgan fingerprint density at radius 2 is 1.59 bits per heavy atom. The van der Waals surface area contributed by atoms with Crippen molar-refractivity contribution in [1.29, 1.82) is 0 Å². The Morgan fingerprint density at radius 1 is 1.00 bits per heavy atom.